The summed E-state index contributed by atoms with van der Waals surface area (Å²) >= 11 is 9.15. The molecule has 0 fully saturated rings. The molecule has 1 rings (SSSR count). The third-order valence-corrected chi connectivity index (χ3v) is 3.40. The molecule has 16 heavy (non-hydrogen) atoms. The monoisotopic (exact) mass is 303 g/mol. The van der Waals surface area contributed by atoms with Crippen LogP contribution < -0.4 is 5.32 Å². The van der Waals surface area contributed by atoms with Crippen LogP contribution in [0.5, 0.6) is 0 Å². The van der Waals surface area contributed by atoms with Crippen molar-refractivity contribution in [3.8, 4) is 0 Å². The molecule has 0 spiro atoms. The summed E-state index contributed by atoms with van der Waals surface area (Å²) in [5, 5.41) is 3.48. The zero-order valence-corrected chi connectivity index (χ0v) is 11.7. The van der Waals surface area contributed by atoms with Crippen molar-refractivity contribution in [2.24, 2.45) is 5.92 Å². The smallest absolute Gasteiger partial charge is 0.251 e. The topological polar surface area (TPSA) is 29.1 Å². The maximum atomic E-state index is 11.7. The van der Waals surface area contributed by atoms with E-state index >= 15 is 0 Å². The van der Waals surface area contributed by atoms with Crippen molar-refractivity contribution in [1.29, 1.82) is 0 Å². The molecule has 0 heterocycles. The van der Waals surface area contributed by atoms with Crippen LogP contribution in [0.4, 0.5) is 0 Å². The van der Waals surface area contributed by atoms with Gasteiger partial charge >= 0.3 is 0 Å². The van der Waals surface area contributed by atoms with Gasteiger partial charge < -0.3 is 5.32 Å². The second-order valence-electron chi connectivity index (χ2n) is 4.07. The van der Waals surface area contributed by atoms with E-state index in [0.29, 0.717) is 23.0 Å². The lowest BCUT2D eigenvalue weighted by Gasteiger charge is -2.07. The predicted octanol–water partition coefficient (Wildman–Crippen LogP) is 3.88. The number of hydrogen-bond donors (Lipinski definition) is 1. The van der Waals surface area contributed by atoms with Crippen LogP contribution >= 0.6 is 27.5 Å². The van der Waals surface area contributed by atoms with Crippen LogP contribution in [0.2, 0.25) is 5.02 Å². The van der Waals surface area contributed by atoms with Crippen molar-refractivity contribution >= 4 is 33.4 Å². The molecule has 2 nitrogen and oxygen atoms in total. The Morgan fingerprint density at radius 3 is 2.75 bits per heavy atom. The number of benzene rings is 1. The third kappa shape index (κ3) is 4.14. The first kappa shape index (κ1) is 13.5. The molecule has 0 radical (unpaired) electrons. The second-order valence-corrected chi connectivity index (χ2v) is 5.33. The van der Waals surface area contributed by atoms with Gasteiger partial charge in [-0.25, -0.2) is 0 Å². The lowest BCUT2D eigenvalue weighted by atomic mass is 10.1. The molecule has 1 aromatic carbocycles. The van der Waals surface area contributed by atoms with Gasteiger partial charge in [-0.05, 0) is 46.5 Å². The fourth-order valence-corrected chi connectivity index (χ4v) is 1.71. The minimum Gasteiger partial charge on any atom is -0.352 e. The Kier molecular flexibility index (Phi) is 5.29. The second kappa shape index (κ2) is 6.26. The standard InChI is InChI=1S/C12H15BrClNO/c1-8(2)5-6-15-12(16)9-3-4-11(14)10(13)7-9/h3-4,7-8H,5-6H2,1-2H3,(H,15,16). The van der Waals surface area contributed by atoms with E-state index in [4.69, 9.17) is 11.6 Å². The lowest BCUT2D eigenvalue weighted by Crippen LogP contribution is -2.25. The van der Waals surface area contributed by atoms with Gasteiger partial charge in [0.1, 0.15) is 0 Å². The Bertz CT molecular complexity index is 379. The Morgan fingerprint density at radius 1 is 1.50 bits per heavy atom. The van der Waals surface area contributed by atoms with Crippen molar-refractivity contribution in [3.05, 3.63) is 33.3 Å². The number of hydrogen-bond acceptors (Lipinski definition) is 1. The molecule has 0 saturated carbocycles. The minimum absolute atomic E-state index is 0.0574. The highest BCUT2D eigenvalue weighted by molar-refractivity contribution is 9.10. The molecule has 0 unspecified atom stereocenters. The molecular weight excluding hydrogens is 289 g/mol. The summed E-state index contributed by atoms with van der Waals surface area (Å²) in [5.41, 5.74) is 0.625. The van der Waals surface area contributed by atoms with E-state index in [1.54, 1.807) is 18.2 Å². The summed E-state index contributed by atoms with van der Waals surface area (Å²) in [6, 6.07) is 5.16. The number of nitrogens with one attached hydrogen (secondary N) is 1. The highest BCUT2D eigenvalue weighted by atomic mass is 79.9. The van der Waals surface area contributed by atoms with Crippen molar-refractivity contribution in [2.75, 3.05) is 6.54 Å². The molecule has 0 atom stereocenters. The molecule has 0 aromatic heterocycles. The van der Waals surface area contributed by atoms with Crippen LogP contribution in [0.15, 0.2) is 22.7 Å². The van der Waals surface area contributed by atoms with Crippen LogP contribution in [0.1, 0.15) is 30.6 Å². The summed E-state index contributed by atoms with van der Waals surface area (Å²) in [6.45, 7) is 4.97. The van der Waals surface area contributed by atoms with Crippen molar-refractivity contribution in [3.63, 3.8) is 0 Å². The molecule has 1 amide bonds. The number of halogens is 2. The van der Waals surface area contributed by atoms with Crippen molar-refractivity contribution in [2.45, 2.75) is 20.3 Å². The SMILES string of the molecule is CC(C)CCNC(=O)c1ccc(Cl)c(Br)c1. The highest BCUT2D eigenvalue weighted by Gasteiger charge is 2.07. The van der Waals surface area contributed by atoms with Crippen LogP contribution in [-0.4, -0.2) is 12.5 Å². The molecule has 1 N–H and O–H groups in total. The normalized spacial score (nSPS) is 10.6. The largest absolute Gasteiger partial charge is 0.352 e. The molecule has 1 aromatic rings. The Labute approximate surface area is 110 Å². The van der Waals surface area contributed by atoms with Gasteiger partial charge in [-0.2, -0.15) is 0 Å². The average molecular weight is 305 g/mol. The first-order valence-electron chi connectivity index (χ1n) is 5.24. The van der Waals surface area contributed by atoms with E-state index in [0.717, 1.165) is 10.9 Å². The van der Waals surface area contributed by atoms with E-state index in [-0.39, 0.29) is 5.91 Å². The number of carbonyl (C=O) groups is 1. The lowest BCUT2D eigenvalue weighted by molar-refractivity contribution is 0.0952. The van der Waals surface area contributed by atoms with Crippen molar-refractivity contribution in [1.82, 2.24) is 5.32 Å². The molecule has 0 aliphatic carbocycles. The van der Waals surface area contributed by atoms with E-state index in [1.807, 2.05) is 0 Å². The molecular formula is C12H15BrClNO. The molecule has 0 bridgehead atoms. The van der Waals surface area contributed by atoms with Gasteiger partial charge in [-0.3, -0.25) is 4.79 Å². The van der Waals surface area contributed by atoms with E-state index < -0.39 is 0 Å². The van der Waals surface area contributed by atoms with E-state index in [1.165, 1.54) is 0 Å². The van der Waals surface area contributed by atoms with Gasteiger partial charge in [0.15, 0.2) is 0 Å². The third-order valence-electron chi connectivity index (χ3n) is 2.19. The average Bonchev–Trinajstić information content (AvgIpc) is 2.21. The number of carbonyl (C=O) groups excluding carboxylic acids is 1. The summed E-state index contributed by atoms with van der Waals surface area (Å²) in [7, 11) is 0. The summed E-state index contributed by atoms with van der Waals surface area (Å²) in [5.74, 6) is 0.537. The van der Waals surface area contributed by atoms with Crippen LogP contribution in [0.25, 0.3) is 0 Å². The Morgan fingerprint density at radius 2 is 2.19 bits per heavy atom. The zero-order valence-electron chi connectivity index (χ0n) is 9.39. The zero-order chi connectivity index (χ0) is 12.1. The predicted molar refractivity (Wildman–Crippen MR) is 70.9 cm³/mol. The van der Waals surface area contributed by atoms with Gasteiger partial charge in [-0.15, -0.1) is 0 Å². The van der Waals surface area contributed by atoms with Crippen LogP contribution in [0, 0.1) is 5.92 Å². The molecule has 0 saturated heterocycles. The number of rotatable bonds is 4. The molecule has 88 valence electrons. The molecule has 4 heteroatoms. The first-order valence-corrected chi connectivity index (χ1v) is 6.41. The van der Waals surface area contributed by atoms with Gasteiger partial charge in [0.25, 0.3) is 5.91 Å². The fraction of sp³-hybridized carbons (Fsp3) is 0.417. The van der Waals surface area contributed by atoms with Crippen molar-refractivity contribution < 1.29 is 4.79 Å². The van der Waals surface area contributed by atoms with Gasteiger partial charge in [0, 0.05) is 16.6 Å². The fourth-order valence-electron chi connectivity index (χ4n) is 1.21. The van der Waals surface area contributed by atoms with E-state index in [2.05, 4.69) is 35.1 Å². The summed E-state index contributed by atoms with van der Waals surface area (Å²) in [4.78, 5) is 11.7. The first-order chi connectivity index (χ1) is 7.50. The van der Waals surface area contributed by atoms with E-state index in [9.17, 15) is 4.79 Å². The molecule has 0 aliphatic rings. The summed E-state index contributed by atoms with van der Waals surface area (Å²) < 4.78 is 0.741. The van der Waals surface area contributed by atoms with Crippen LogP contribution in [-0.2, 0) is 0 Å². The minimum atomic E-state index is -0.0574. The quantitative estimate of drug-likeness (QED) is 0.898. The maximum Gasteiger partial charge on any atom is 0.251 e. The van der Waals surface area contributed by atoms with Gasteiger partial charge in [-0.1, -0.05) is 25.4 Å². The molecule has 0 aliphatic heterocycles. The number of amides is 1. The Hall–Kier alpha value is -0.540. The van der Waals surface area contributed by atoms with Gasteiger partial charge in [0.05, 0.1) is 5.02 Å². The van der Waals surface area contributed by atoms with Gasteiger partial charge in [0.2, 0.25) is 0 Å². The van der Waals surface area contributed by atoms with Crippen LogP contribution in [0.3, 0.4) is 0 Å². The Balaban J connectivity index is 2.56. The maximum absolute atomic E-state index is 11.7. The summed E-state index contributed by atoms with van der Waals surface area (Å²) in [6.07, 6.45) is 0.987. The highest BCUT2D eigenvalue weighted by Crippen LogP contribution is 2.23.